The number of hydrogen-bond acceptors (Lipinski definition) is 1. The van der Waals surface area contributed by atoms with E-state index in [-0.39, 0.29) is 5.82 Å². The molecule has 1 aliphatic rings. The van der Waals surface area contributed by atoms with Crippen molar-refractivity contribution in [3.8, 4) is 0 Å². The lowest BCUT2D eigenvalue weighted by Crippen LogP contribution is -2.25. The molecule has 1 N–H and O–H groups in total. The van der Waals surface area contributed by atoms with Crippen molar-refractivity contribution in [2.24, 2.45) is 0 Å². The fraction of sp³-hybridized carbons (Fsp3) is 0.538. The lowest BCUT2D eigenvalue weighted by Gasteiger charge is -2.13. The second-order valence-corrected chi connectivity index (χ2v) is 5.26. The largest absolute Gasteiger partial charge is 0.314 e. The van der Waals surface area contributed by atoms with E-state index in [4.69, 9.17) is 0 Å². The highest BCUT2D eigenvalue weighted by Gasteiger charge is 2.27. The summed E-state index contributed by atoms with van der Waals surface area (Å²) >= 11 is 3.25. The van der Waals surface area contributed by atoms with Crippen LogP contribution in [0.15, 0.2) is 22.7 Å². The lowest BCUT2D eigenvalue weighted by molar-refractivity contribution is 0.526. The van der Waals surface area contributed by atoms with Gasteiger partial charge in [-0.25, -0.2) is 4.39 Å². The first-order chi connectivity index (χ1) is 7.72. The molecule has 0 heterocycles. The summed E-state index contributed by atoms with van der Waals surface area (Å²) in [7, 11) is 0. The topological polar surface area (TPSA) is 12.0 Å². The molecule has 0 spiro atoms. The highest BCUT2D eigenvalue weighted by Crippen LogP contribution is 2.37. The summed E-state index contributed by atoms with van der Waals surface area (Å²) in [6, 6.07) is 6.16. The number of halogens is 2. The van der Waals surface area contributed by atoms with Gasteiger partial charge in [0, 0.05) is 6.04 Å². The Hall–Kier alpha value is -0.410. The molecule has 2 rings (SSSR count). The SMILES string of the molecule is CCNC1CCC(c2cccc(Br)c2F)C1. The Kier molecular flexibility index (Phi) is 3.98. The average molecular weight is 286 g/mol. The van der Waals surface area contributed by atoms with Gasteiger partial charge in [0.25, 0.3) is 0 Å². The fourth-order valence-electron chi connectivity index (χ4n) is 2.57. The first-order valence-corrected chi connectivity index (χ1v) is 6.69. The Morgan fingerprint density at radius 2 is 2.25 bits per heavy atom. The van der Waals surface area contributed by atoms with Crippen LogP contribution in [0.3, 0.4) is 0 Å². The van der Waals surface area contributed by atoms with Gasteiger partial charge in [-0.05, 0) is 59.3 Å². The van der Waals surface area contributed by atoms with E-state index >= 15 is 0 Å². The van der Waals surface area contributed by atoms with Gasteiger partial charge in [0.15, 0.2) is 0 Å². The van der Waals surface area contributed by atoms with Crippen molar-refractivity contribution in [3.05, 3.63) is 34.1 Å². The van der Waals surface area contributed by atoms with E-state index in [9.17, 15) is 4.39 Å². The maximum absolute atomic E-state index is 13.9. The van der Waals surface area contributed by atoms with Crippen LogP contribution in [0, 0.1) is 5.82 Å². The van der Waals surface area contributed by atoms with Crippen molar-refractivity contribution in [2.45, 2.75) is 38.1 Å². The maximum atomic E-state index is 13.9. The summed E-state index contributed by atoms with van der Waals surface area (Å²) < 4.78 is 14.5. The van der Waals surface area contributed by atoms with Crippen LogP contribution < -0.4 is 5.32 Å². The molecule has 16 heavy (non-hydrogen) atoms. The smallest absolute Gasteiger partial charge is 0.140 e. The van der Waals surface area contributed by atoms with Gasteiger partial charge in [0.2, 0.25) is 0 Å². The van der Waals surface area contributed by atoms with Crippen LogP contribution in [0.2, 0.25) is 0 Å². The molecule has 0 radical (unpaired) electrons. The van der Waals surface area contributed by atoms with Crippen LogP contribution in [-0.2, 0) is 0 Å². The van der Waals surface area contributed by atoms with E-state index in [1.807, 2.05) is 12.1 Å². The van der Waals surface area contributed by atoms with Crippen LogP contribution in [0.5, 0.6) is 0 Å². The Bertz CT molecular complexity index is 367. The molecule has 3 heteroatoms. The van der Waals surface area contributed by atoms with Crippen molar-refractivity contribution >= 4 is 15.9 Å². The molecule has 0 saturated heterocycles. The molecule has 0 aliphatic heterocycles. The van der Waals surface area contributed by atoms with Crippen molar-refractivity contribution in [1.82, 2.24) is 5.32 Å². The molecule has 2 unspecified atom stereocenters. The van der Waals surface area contributed by atoms with Gasteiger partial charge < -0.3 is 5.32 Å². The van der Waals surface area contributed by atoms with Crippen molar-refractivity contribution in [3.63, 3.8) is 0 Å². The van der Waals surface area contributed by atoms with Crippen LogP contribution in [-0.4, -0.2) is 12.6 Å². The minimum atomic E-state index is -0.0790. The molecule has 1 aromatic carbocycles. The number of rotatable bonds is 3. The van der Waals surface area contributed by atoms with E-state index < -0.39 is 0 Å². The zero-order valence-electron chi connectivity index (χ0n) is 9.47. The molecule has 0 amide bonds. The predicted octanol–water partition coefficient (Wildman–Crippen LogP) is 3.83. The van der Waals surface area contributed by atoms with Gasteiger partial charge in [-0.2, -0.15) is 0 Å². The Morgan fingerprint density at radius 1 is 1.44 bits per heavy atom. The molecule has 1 fully saturated rings. The molecule has 0 bridgehead atoms. The van der Waals surface area contributed by atoms with Gasteiger partial charge in [-0.1, -0.05) is 19.1 Å². The predicted molar refractivity (Wildman–Crippen MR) is 68.2 cm³/mol. The second kappa shape index (κ2) is 5.28. The minimum absolute atomic E-state index is 0.0790. The molecule has 1 aromatic rings. The first-order valence-electron chi connectivity index (χ1n) is 5.89. The Balaban J connectivity index is 2.11. The Labute approximate surface area is 105 Å². The van der Waals surface area contributed by atoms with Gasteiger partial charge in [0.1, 0.15) is 5.82 Å². The van der Waals surface area contributed by atoms with Crippen LogP contribution >= 0.6 is 15.9 Å². The summed E-state index contributed by atoms with van der Waals surface area (Å²) in [5.41, 5.74) is 0.870. The van der Waals surface area contributed by atoms with E-state index in [2.05, 4.69) is 28.2 Å². The zero-order valence-corrected chi connectivity index (χ0v) is 11.1. The molecular formula is C13H17BrFN. The average Bonchev–Trinajstić information content (AvgIpc) is 2.71. The summed E-state index contributed by atoms with van der Waals surface area (Å²) in [6.07, 6.45) is 3.30. The molecule has 88 valence electrons. The third-order valence-corrected chi connectivity index (χ3v) is 3.96. The normalized spacial score (nSPS) is 24.9. The summed E-state index contributed by atoms with van der Waals surface area (Å²) in [5.74, 6) is 0.297. The molecule has 1 saturated carbocycles. The molecule has 1 aliphatic carbocycles. The standard InChI is InChI=1S/C13H17BrFN/c1-2-16-10-7-6-9(8-10)11-4-3-5-12(14)13(11)15/h3-5,9-10,16H,2,6-8H2,1H3. The van der Waals surface area contributed by atoms with Gasteiger partial charge in [-0.15, -0.1) is 0 Å². The monoisotopic (exact) mass is 285 g/mol. The van der Waals surface area contributed by atoms with Gasteiger partial charge >= 0.3 is 0 Å². The Morgan fingerprint density at radius 3 is 3.00 bits per heavy atom. The van der Waals surface area contributed by atoms with E-state index in [0.717, 1.165) is 31.4 Å². The number of hydrogen-bond donors (Lipinski definition) is 1. The summed E-state index contributed by atoms with van der Waals surface area (Å²) in [5, 5.41) is 3.44. The van der Waals surface area contributed by atoms with Gasteiger partial charge in [-0.3, -0.25) is 0 Å². The minimum Gasteiger partial charge on any atom is -0.314 e. The number of nitrogens with one attached hydrogen (secondary N) is 1. The van der Waals surface area contributed by atoms with Crippen molar-refractivity contribution in [2.75, 3.05) is 6.54 Å². The number of benzene rings is 1. The molecule has 2 atom stereocenters. The molecular weight excluding hydrogens is 269 g/mol. The summed E-state index contributed by atoms with van der Waals surface area (Å²) in [4.78, 5) is 0. The van der Waals surface area contributed by atoms with Gasteiger partial charge in [0.05, 0.1) is 4.47 Å². The second-order valence-electron chi connectivity index (χ2n) is 4.41. The molecule has 0 aromatic heterocycles. The summed E-state index contributed by atoms with van der Waals surface area (Å²) in [6.45, 7) is 3.12. The zero-order chi connectivity index (χ0) is 11.5. The first kappa shape index (κ1) is 12.1. The third-order valence-electron chi connectivity index (χ3n) is 3.35. The van der Waals surface area contributed by atoms with E-state index in [1.54, 1.807) is 6.07 Å². The van der Waals surface area contributed by atoms with E-state index in [0.29, 0.717) is 16.4 Å². The highest BCUT2D eigenvalue weighted by molar-refractivity contribution is 9.10. The van der Waals surface area contributed by atoms with Crippen molar-refractivity contribution in [1.29, 1.82) is 0 Å². The highest BCUT2D eigenvalue weighted by atomic mass is 79.9. The van der Waals surface area contributed by atoms with Crippen LogP contribution in [0.1, 0.15) is 37.7 Å². The molecule has 1 nitrogen and oxygen atoms in total. The third kappa shape index (κ3) is 2.46. The fourth-order valence-corrected chi connectivity index (χ4v) is 2.96. The quantitative estimate of drug-likeness (QED) is 0.890. The maximum Gasteiger partial charge on any atom is 0.140 e. The van der Waals surface area contributed by atoms with Crippen LogP contribution in [0.4, 0.5) is 4.39 Å². The lowest BCUT2D eigenvalue weighted by atomic mass is 9.97. The van der Waals surface area contributed by atoms with Crippen LogP contribution in [0.25, 0.3) is 0 Å². The van der Waals surface area contributed by atoms with Crippen molar-refractivity contribution < 1.29 is 4.39 Å². The van der Waals surface area contributed by atoms with E-state index in [1.165, 1.54) is 0 Å².